The predicted molar refractivity (Wildman–Crippen MR) is 77.5 cm³/mol. The molecule has 2 aromatic rings. The summed E-state index contributed by atoms with van der Waals surface area (Å²) in [5, 5.41) is 0.690. The quantitative estimate of drug-likeness (QED) is 0.626. The Bertz CT molecular complexity index is 606. The molecule has 0 aliphatic rings. The van der Waals surface area contributed by atoms with E-state index in [1.807, 2.05) is 24.3 Å². The molecule has 3 nitrogen and oxygen atoms in total. The van der Waals surface area contributed by atoms with Gasteiger partial charge in [0.1, 0.15) is 5.69 Å². The molecule has 0 saturated carbocycles. The van der Waals surface area contributed by atoms with Crippen LogP contribution in [-0.4, -0.2) is 17.0 Å². The van der Waals surface area contributed by atoms with Crippen LogP contribution in [0.15, 0.2) is 47.5 Å². The van der Waals surface area contributed by atoms with Gasteiger partial charge in [0, 0.05) is 30.3 Å². The highest BCUT2D eigenvalue weighted by atomic mass is 35.5. The molecule has 0 fully saturated rings. The van der Waals surface area contributed by atoms with Crippen LogP contribution in [-0.2, 0) is 6.42 Å². The summed E-state index contributed by atoms with van der Waals surface area (Å²) in [6.07, 6.45) is 2.36. The zero-order chi connectivity index (χ0) is 13.7. The smallest absolute Gasteiger partial charge is 0.178 e. The van der Waals surface area contributed by atoms with Crippen LogP contribution < -0.4 is 0 Å². The van der Waals surface area contributed by atoms with Crippen LogP contribution in [0.4, 0.5) is 5.69 Å². The molecule has 0 atom stereocenters. The maximum atomic E-state index is 11.2. The van der Waals surface area contributed by atoms with E-state index in [4.69, 9.17) is 11.6 Å². The van der Waals surface area contributed by atoms with Gasteiger partial charge in [-0.05, 0) is 36.4 Å². The summed E-state index contributed by atoms with van der Waals surface area (Å²) in [6.45, 7) is 1.51. The number of aliphatic imine (C=N–C) groups is 1. The predicted octanol–water partition coefficient (Wildman–Crippen LogP) is 3.88. The summed E-state index contributed by atoms with van der Waals surface area (Å²) in [7, 11) is 0. The van der Waals surface area contributed by atoms with Crippen LogP contribution in [0.2, 0.25) is 5.02 Å². The molecule has 0 radical (unpaired) electrons. The molecule has 0 bridgehead atoms. The summed E-state index contributed by atoms with van der Waals surface area (Å²) in [6, 6.07) is 12.7. The topological polar surface area (TPSA) is 42.3 Å². The van der Waals surface area contributed by atoms with Gasteiger partial charge in [0.05, 0.1) is 5.69 Å². The zero-order valence-electron chi connectivity index (χ0n) is 10.5. The van der Waals surface area contributed by atoms with Crippen molar-refractivity contribution in [3.63, 3.8) is 0 Å². The molecule has 0 amide bonds. The average molecular weight is 273 g/mol. The number of hydrogen-bond donors (Lipinski definition) is 0. The van der Waals surface area contributed by atoms with E-state index in [-0.39, 0.29) is 5.78 Å². The zero-order valence-corrected chi connectivity index (χ0v) is 11.3. The van der Waals surface area contributed by atoms with Gasteiger partial charge >= 0.3 is 0 Å². The SMILES string of the molecule is CC(=O)c1cccc(CC=Nc2ccc(Cl)cc2)n1. The summed E-state index contributed by atoms with van der Waals surface area (Å²) >= 11 is 5.79. The number of aromatic nitrogens is 1. The minimum atomic E-state index is -0.0310. The van der Waals surface area contributed by atoms with Crippen molar-refractivity contribution in [3.05, 3.63) is 58.9 Å². The lowest BCUT2D eigenvalue weighted by molar-refractivity contribution is 0.101. The molecule has 1 aromatic carbocycles. The molecule has 0 spiro atoms. The third kappa shape index (κ3) is 4.00. The second kappa shape index (κ2) is 6.25. The Labute approximate surface area is 117 Å². The first-order valence-corrected chi connectivity index (χ1v) is 6.28. The number of carbonyl (C=O) groups excluding carboxylic acids is 1. The van der Waals surface area contributed by atoms with Crippen molar-refractivity contribution in [1.82, 2.24) is 4.98 Å². The Balaban J connectivity index is 2.04. The van der Waals surface area contributed by atoms with Crippen molar-refractivity contribution in [2.24, 2.45) is 4.99 Å². The summed E-state index contributed by atoms with van der Waals surface area (Å²) in [5.74, 6) is -0.0310. The van der Waals surface area contributed by atoms with Crippen LogP contribution in [0.3, 0.4) is 0 Å². The monoisotopic (exact) mass is 272 g/mol. The van der Waals surface area contributed by atoms with E-state index in [1.54, 1.807) is 24.4 Å². The van der Waals surface area contributed by atoms with Gasteiger partial charge in [-0.3, -0.25) is 9.79 Å². The Kier molecular flexibility index (Phi) is 4.42. The van der Waals surface area contributed by atoms with Crippen molar-refractivity contribution >= 4 is 29.3 Å². The van der Waals surface area contributed by atoms with E-state index < -0.39 is 0 Å². The van der Waals surface area contributed by atoms with Gasteiger partial charge in [-0.15, -0.1) is 0 Å². The standard InChI is InChI=1S/C15H13ClN2O/c1-11(19)15-4-2-3-14(18-15)9-10-17-13-7-5-12(16)6-8-13/h2-8,10H,9H2,1H3. The molecule has 0 N–H and O–H groups in total. The van der Waals surface area contributed by atoms with Crippen molar-refractivity contribution in [2.75, 3.05) is 0 Å². The number of hydrogen-bond acceptors (Lipinski definition) is 3. The van der Waals surface area contributed by atoms with Crippen molar-refractivity contribution in [3.8, 4) is 0 Å². The van der Waals surface area contributed by atoms with E-state index in [2.05, 4.69) is 9.98 Å². The number of ketones is 1. The molecule has 1 aromatic heterocycles. The fraction of sp³-hybridized carbons (Fsp3) is 0.133. The van der Waals surface area contributed by atoms with Gasteiger partial charge in [0.2, 0.25) is 0 Å². The Morgan fingerprint density at radius 2 is 2.00 bits per heavy atom. The summed E-state index contributed by atoms with van der Waals surface area (Å²) < 4.78 is 0. The molecule has 0 aliphatic heterocycles. The Hall–Kier alpha value is -2.00. The molecule has 96 valence electrons. The van der Waals surface area contributed by atoms with Crippen molar-refractivity contribution < 1.29 is 4.79 Å². The van der Waals surface area contributed by atoms with E-state index in [0.717, 1.165) is 11.4 Å². The number of carbonyl (C=O) groups is 1. The number of benzene rings is 1. The summed E-state index contributed by atoms with van der Waals surface area (Å²) in [4.78, 5) is 19.8. The minimum Gasteiger partial charge on any atom is -0.293 e. The van der Waals surface area contributed by atoms with Gasteiger partial charge in [-0.1, -0.05) is 17.7 Å². The van der Waals surface area contributed by atoms with Crippen LogP contribution in [0.25, 0.3) is 0 Å². The molecular formula is C15H13ClN2O. The van der Waals surface area contributed by atoms with Crippen LogP contribution in [0.1, 0.15) is 23.1 Å². The molecule has 4 heteroatoms. The molecule has 0 unspecified atom stereocenters. The maximum absolute atomic E-state index is 11.2. The van der Waals surface area contributed by atoms with Gasteiger partial charge < -0.3 is 0 Å². The Morgan fingerprint density at radius 1 is 1.26 bits per heavy atom. The molecule has 2 rings (SSSR count). The number of Topliss-reactive ketones (excluding diaryl/α,β-unsaturated/α-hetero) is 1. The number of halogens is 1. The second-order valence-electron chi connectivity index (χ2n) is 4.06. The number of pyridine rings is 1. The Morgan fingerprint density at radius 3 is 2.68 bits per heavy atom. The first kappa shape index (κ1) is 13.4. The van der Waals surface area contributed by atoms with Gasteiger partial charge in [-0.25, -0.2) is 4.98 Å². The lowest BCUT2D eigenvalue weighted by Gasteiger charge is -1.98. The van der Waals surface area contributed by atoms with Crippen LogP contribution >= 0.6 is 11.6 Å². The van der Waals surface area contributed by atoms with E-state index in [1.165, 1.54) is 6.92 Å². The molecule has 0 saturated heterocycles. The largest absolute Gasteiger partial charge is 0.293 e. The first-order valence-electron chi connectivity index (χ1n) is 5.90. The van der Waals surface area contributed by atoms with Crippen molar-refractivity contribution in [2.45, 2.75) is 13.3 Å². The van der Waals surface area contributed by atoms with Gasteiger partial charge in [0.15, 0.2) is 5.78 Å². The first-order chi connectivity index (χ1) is 9.15. The normalized spacial score (nSPS) is 10.8. The van der Waals surface area contributed by atoms with E-state index in [9.17, 15) is 4.79 Å². The fourth-order valence-electron chi connectivity index (χ4n) is 1.56. The fourth-order valence-corrected chi connectivity index (χ4v) is 1.69. The van der Waals surface area contributed by atoms with Crippen molar-refractivity contribution in [1.29, 1.82) is 0 Å². The molecule has 1 heterocycles. The maximum Gasteiger partial charge on any atom is 0.178 e. The molecular weight excluding hydrogens is 260 g/mol. The molecule has 0 aliphatic carbocycles. The van der Waals surface area contributed by atoms with Crippen LogP contribution in [0.5, 0.6) is 0 Å². The number of nitrogens with zero attached hydrogens (tertiary/aromatic N) is 2. The van der Waals surface area contributed by atoms with E-state index in [0.29, 0.717) is 17.1 Å². The van der Waals surface area contributed by atoms with E-state index >= 15 is 0 Å². The minimum absolute atomic E-state index is 0.0310. The third-order valence-electron chi connectivity index (χ3n) is 2.53. The average Bonchev–Trinajstić information content (AvgIpc) is 2.41. The highest BCUT2D eigenvalue weighted by Crippen LogP contribution is 2.15. The van der Waals surface area contributed by atoms with Crippen LogP contribution in [0, 0.1) is 0 Å². The van der Waals surface area contributed by atoms with Gasteiger partial charge in [-0.2, -0.15) is 0 Å². The third-order valence-corrected chi connectivity index (χ3v) is 2.79. The summed E-state index contributed by atoms with van der Waals surface area (Å²) in [5.41, 5.74) is 2.15. The highest BCUT2D eigenvalue weighted by Gasteiger charge is 2.01. The lowest BCUT2D eigenvalue weighted by Crippen LogP contribution is -2.00. The highest BCUT2D eigenvalue weighted by molar-refractivity contribution is 6.30. The molecule has 19 heavy (non-hydrogen) atoms. The lowest BCUT2D eigenvalue weighted by atomic mass is 10.2. The van der Waals surface area contributed by atoms with Gasteiger partial charge in [0.25, 0.3) is 0 Å². The second-order valence-corrected chi connectivity index (χ2v) is 4.50. The number of rotatable bonds is 4.